The molecule has 0 spiro atoms. The number of hydrogen-bond acceptors (Lipinski definition) is 5. The second kappa shape index (κ2) is 6.30. The lowest BCUT2D eigenvalue weighted by molar-refractivity contribution is 0.398. The molecule has 1 fully saturated rings. The van der Waals surface area contributed by atoms with Crippen molar-refractivity contribution in [3.63, 3.8) is 0 Å². The van der Waals surface area contributed by atoms with E-state index >= 15 is 0 Å². The van der Waals surface area contributed by atoms with E-state index in [0.717, 1.165) is 34.9 Å². The third-order valence-electron chi connectivity index (χ3n) is 3.35. The minimum absolute atomic E-state index is 0.575. The average molecular weight is 350 g/mol. The fourth-order valence-corrected chi connectivity index (χ4v) is 2.84. The van der Waals surface area contributed by atoms with Gasteiger partial charge in [0.2, 0.25) is 11.8 Å². The minimum Gasteiger partial charge on any atom is -0.481 e. The SMILES string of the molecule is COc1ccc(N=Cc2cc(Br)c(N3CCCC3)o2)cn1. The minimum atomic E-state index is 0.575. The molecule has 0 amide bonds. The maximum atomic E-state index is 5.85. The zero-order valence-electron chi connectivity index (χ0n) is 11.8. The van der Waals surface area contributed by atoms with Crippen LogP contribution in [-0.2, 0) is 0 Å². The fraction of sp³-hybridized carbons (Fsp3) is 0.333. The first-order chi connectivity index (χ1) is 10.3. The van der Waals surface area contributed by atoms with Crippen molar-refractivity contribution in [2.75, 3.05) is 25.1 Å². The van der Waals surface area contributed by atoms with Gasteiger partial charge in [0.25, 0.3) is 0 Å². The van der Waals surface area contributed by atoms with Gasteiger partial charge >= 0.3 is 0 Å². The molecule has 3 rings (SSSR count). The van der Waals surface area contributed by atoms with E-state index in [2.05, 4.69) is 30.8 Å². The highest BCUT2D eigenvalue weighted by molar-refractivity contribution is 9.10. The zero-order valence-corrected chi connectivity index (χ0v) is 13.3. The number of furan rings is 1. The number of aromatic nitrogens is 1. The van der Waals surface area contributed by atoms with E-state index < -0.39 is 0 Å². The van der Waals surface area contributed by atoms with Crippen molar-refractivity contribution in [2.45, 2.75) is 12.8 Å². The molecule has 2 aromatic rings. The van der Waals surface area contributed by atoms with E-state index in [1.807, 2.05) is 12.1 Å². The van der Waals surface area contributed by atoms with Crippen molar-refractivity contribution in [3.05, 3.63) is 34.6 Å². The van der Waals surface area contributed by atoms with E-state index in [0.29, 0.717) is 5.88 Å². The Morgan fingerprint density at radius 2 is 2.19 bits per heavy atom. The van der Waals surface area contributed by atoms with E-state index in [1.165, 1.54) is 12.8 Å². The predicted octanol–water partition coefficient (Wildman–Crippen LogP) is 3.80. The lowest BCUT2D eigenvalue weighted by atomic mass is 10.4. The molecular formula is C15H16BrN3O2. The Labute approximate surface area is 131 Å². The Morgan fingerprint density at radius 3 is 2.86 bits per heavy atom. The van der Waals surface area contributed by atoms with Crippen LogP contribution in [0.2, 0.25) is 0 Å². The summed E-state index contributed by atoms with van der Waals surface area (Å²) in [6.45, 7) is 2.09. The van der Waals surface area contributed by atoms with Crippen molar-refractivity contribution < 1.29 is 9.15 Å². The van der Waals surface area contributed by atoms with Crippen molar-refractivity contribution >= 4 is 33.7 Å². The number of rotatable bonds is 4. The van der Waals surface area contributed by atoms with Crippen LogP contribution in [0.15, 0.2) is 38.3 Å². The van der Waals surface area contributed by atoms with Gasteiger partial charge in [-0.3, -0.25) is 4.99 Å². The average Bonchev–Trinajstić information content (AvgIpc) is 3.15. The van der Waals surface area contributed by atoms with Crippen LogP contribution in [-0.4, -0.2) is 31.4 Å². The van der Waals surface area contributed by atoms with Gasteiger partial charge in [-0.15, -0.1) is 0 Å². The number of pyridine rings is 1. The van der Waals surface area contributed by atoms with Gasteiger partial charge < -0.3 is 14.1 Å². The molecule has 0 saturated carbocycles. The summed E-state index contributed by atoms with van der Waals surface area (Å²) >= 11 is 3.55. The molecule has 0 bridgehead atoms. The van der Waals surface area contributed by atoms with Crippen LogP contribution in [0.4, 0.5) is 11.6 Å². The summed E-state index contributed by atoms with van der Waals surface area (Å²) < 4.78 is 11.8. The second-order valence-electron chi connectivity index (χ2n) is 4.81. The molecule has 110 valence electrons. The molecule has 0 atom stereocenters. The molecule has 1 aliphatic heterocycles. The van der Waals surface area contributed by atoms with E-state index in [9.17, 15) is 0 Å². The van der Waals surface area contributed by atoms with Gasteiger partial charge in [0, 0.05) is 25.2 Å². The normalized spacial score (nSPS) is 15.0. The summed E-state index contributed by atoms with van der Waals surface area (Å²) in [5, 5.41) is 0. The third kappa shape index (κ3) is 3.26. The summed E-state index contributed by atoms with van der Waals surface area (Å²) in [5.41, 5.74) is 0.756. The van der Waals surface area contributed by atoms with Crippen molar-refractivity contribution in [3.8, 4) is 5.88 Å². The summed E-state index contributed by atoms with van der Waals surface area (Å²) in [4.78, 5) is 10.7. The highest BCUT2D eigenvalue weighted by Gasteiger charge is 2.19. The predicted molar refractivity (Wildman–Crippen MR) is 85.9 cm³/mol. The van der Waals surface area contributed by atoms with Gasteiger partial charge in [0.05, 0.1) is 29.7 Å². The van der Waals surface area contributed by atoms with Gasteiger partial charge in [0.1, 0.15) is 5.76 Å². The topological polar surface area (TPSA) is 50.9 Å². The second-order valence-corrected chi connectivity index (χ2v) is 5.67. The van der Waals surface area contributed by atoms with Crippen LogP contribution in [0, 0.1) is 0 Å². The Kier molecular flexibility index (Phi) is 4.24. The van der Waals surface area contributed by atoms with Gasteiger partial charge in [0.15, 0.2) is 0 Å². The molecule has 2 aromatic heterocycles. The Bertz CT molecular complexity index is 631. The summed E-state index contributed by atoms with van der Waals surface area (Å²) in [7, 11) is 1.59. The molecule has 0 N–H and O–H groups in total. The number of ether oxygens (including phenoxy) is 1. The van der Waals surface area contributed by atoms with Gasteiger partial charge in [-0.05, 0) is 34.8 Å². The van der Waals surface area contributed by atoms with Crippen LogP contribution in [0.25, 0.3) is 0 Å². The molecule has 1 aliphatic rings. The Hall–Kier alpha value is -1.82. The first kappa shape index (κ1) is 14.1. The molecule has 0 unspecified atom stereocenters. The van der Waals surface area contributed by atoms with Crippen LogP contribution in [0.5, 0.6) is 5.88 Å². The molecule has 21 heavy (non-hydrogen) atoms. The lowest BCUT2D eigenvalue weighted by Gasteiger charge is -2.13. The molecule has 1 saturated heterocycles. The maximum Gasteiger partial charge on any atom is 0.213 e. The first-order valence-electron chi connectivity index (χ1n) is 6.84. The van der Waals surface area contributed by atoms with Gasteiger partial charge in [-0.25, -0.2) is 4.98 Å². The first-order valence-corrected chi connectivity index (χ1v) is 7.64. The Morgan fingerprint density at radius 1 is 1.38 bits per heavy atom. The molecular weight excluding hydrogens is 334 g/mol. The maximum absolute atomic E-state index is 5.85. The monoisotopic (exact) mass is 349 g/mol. The van der Waals surface area contributed by atoms with E-state index in [4.69, 9.17) is 9.15 Å². The van der Waals surface area contributed by atoms with E-state index in [1.54, 1.807) is 25.6 Å². The molecule has 5 nitrogen and oxygen atoms in total. The number of halogens is 1. The zero-order chi connectivity index (χ0) is 14.7. The standard InChI is InChI=1S/C15H16BrN3O2/c1-20-14-5-4-11(9-18-14)17-10-12-8-13(16)15(21-12)19-6-2-3-7-19/h4-5,8-10H,2-3,6-7H2,1H3. The lowest BCUT2D eigenvalue weighted by Crippen LogP contribution is -2.17. The quantitative estimate of drug-likeness (QED) is 0.787. The van der Waals surface area contributed by atoms with E-state index in [-0.39, 0.29) is 0 Å². The number of methoxy groups -OCH3 is 1. The number of nitrogens with zero attached hydrogens (tertiary/aromatic N) is 3. The van der Waals surface area contributed by atoms with Crippen LogP contribution in [0.1, 0.15) is 18.6 Å². The largest absolute Gasteiger partial charge is 0.481 e. The molecule has 0 aromatic carbocycles. The summed E-state index contributed by atoms with van der Waals surface area (Å²) in [5.74, 6) is 2.19. The van der Waals surface area contributed by atoms with Gasteiger partial charge in [-0.1, -0.05) is 0 Å². The molecule has 0 radical (unpaired) electrons. The molecule has 3 heterocycles. The van der Waals surface area contributed by atoms with Crippen LogP contribution in [0.3, 0.4) is 0 Å². The van der Waals surface area contributed by atoms with Crippen molar-refractivity contribution in [1.29, 1.82) is 0 Å². The van der Waals surface area contributed by atoms with Crippen LogP contribution < -0.4 is 9.64 Å². The number of anilines is 1. The highest BCUT2D eigenvalue weighted by Crippen LogP contribution is 2.32. The molecule has 6 heteroatoms. The third-order valence-corrected chi connectivity index (χ3v) is 3.92. The number of hydrogen-bond donors (Lipinski definition) is 0. The fourth-order valence-electron chi connectivity index (χ4n) is 2.28. The Balaban J connectivity index is 1.74. The summed E-state index contributed by atoms with van der Waals surface area (Å²) in [6, 6.07) is 5.57. The molecule has 0 aliphatic carbocycles. The smallest absolute Gasteiger partial charge is 0.213 e. The van der Waals surface area contributed by atoms with Crippen molar-refractivity contribution in [1.82, 2.24) is 4.98 Å². The van der Waals surface area contributed by atoms with Gasteiger partial charge in [-0.2, -0.15) is 0 Å². The van der Waals surface area contributed by atoms with Crippen molar-refractivity contribution in [2.24, 2.45) is 4.99 Å². The van der Waals surface area contributed by atoms with Crippen LogP contribution >= 0.6 is 15.9 Å². The highest BCUT2D eigenvalue weighted by atomic mass is 79.9. The summed E-state index contributed by atoms with van der Waals surface area (Å²) in [6.07, 6.45) is 5.80. The number of aliphatic imine (C=N–C) groups is 1.